The fraction of sp³-hybridized carbons (Fsp3) is 0.833. The predicted molar refractivity (Wildman–Crippen MR) is 64.4 cm³/mol. The van der Waals surface area contributed by atoms with Crippen LogP contribution in [-0.2, 0) is 9.59 Å². The molecule has 2 aliphatic heterocycles. The number of rotatable bonds is 2. The van der Waals surface area contributed by atoms with Gasteiger partial charge in [-0.3, -0.25) is 9.59 Å². The fourth-order valence-electron chi connectivity index (χ4n) is 2.52. The Morgan fingerprint density at radius 2 is 2.29 bits per heavy atom. The van der Waals surface area contributed by atoms with Crippen LogP contribution in [0.25, 0.3) is 0 Å². The second-order valence-electron chi connectivity index (χ2n) is 5.29. The van der Waals surface area contributed by atoms with Crippen LogP contribution in [0.3, 0.4) is 0 Å². The molecular weight excluding hydrogens is 218 g/mol. The van der Waals surface area contributed by atoms with E-state index in [1.54, 1.807) is 11.9 Å². The molecular formula is C12H21N3O2. The van der Waals surface area contributed by atoms with E-state index in [9.17, 15) is 9.59 Å². The number of likely N-dealkylation sites (tertiary alicyclic amines) is 1. The molecule has 2 amide bonds. The quantitative estimate of drug-likeness (QED) is 0.705. The van der Waals surface area contributed by atoms with E-state index in [2.05, 4.69) is 10.6 Å². The molecule has 5 heteroatoms. The molecule has 96 valence electrons. The Balaban J connectivity index is 1.94. The summed E-state index contributed by atoms with van der Waals surface area (Å²) >= 11 is 0. The van der Waals surface area contributed by atoms with Crippen LogP contribution in [0.1, 0.15) is 32.6 Å². The van der Waals surface area contributed by atoms with Crippen LogP contribution in [0.15, 0.2) is 0 Å². The molecule has 5 nitrogen and oxygen atoms in total. The van der Waals surface area contributed by atoms with Gasteiger partial charge in [-0.05, 0) is 39.2 Å². The zero-order chi connectivity index (χ0) is 12.5. The summed E-state index contributed by atoms with van der Waals surface area (Å²) in [7, 11) is 1.77. The van der Waals surface area contributed by atoms with Crippen LogP contribution in [0.2, 0.25) is 0 Å². The van der Waals surface area contributed by atoms with Gasteiger partial charge in [-0.15, -0.1) is 0 Å². The standard InChI is InChI=1S/C12H21N3O2/c1-12(6-3-4-7-13-12)11(17)14-9-5-8-15(2)10(9)16/h9,13H,3-8H2,1-2H3,(H,14,17). The average molecular weight is 239 g/mol. The number of amides is 2. The molecule has 0 bridgehead atoms. The van der Waals surface area contributed by atoms with Crippen LogP contribution in [0, 0.1) is 0 Å². The minimum atomic E-state index is -0.500. The van der Waals surface area contributed by atoms with E-state index in [4.69, 9.17) is 0 Å². The molecule has 2 rings (SSSR count). The largest absolute Gasteiger partial charge is 0.344 e. The van der Waals surface area contributed by atoms with E-state index in [0.717, 1.165) is 38.8 Å². The van der Waals surface area contributed by atoms with Gasteiger partial charge in [0.1, 0.15) is 6.04 Å². The Bertz CT molecular complexity index is 324. The van der Waals surface area contributed by atoms with Gasteiger partial charge in [0.2, 0.25) is 11.8 Å². The summed E-state index contributed by atoms with van der Waals surface area (Å²) in [4.78, 5) is 25.6. The summed E-state index contributed by atoms with van der Waals surface area (Å²) in [5, 5.41) is 6.13. The maximum atomic E-state index is 12.2. The molecule has 2 fully saturated rings. The third kappa shape index (κ3) is 2.44. The van der Waals surface area contributed by atoms with Crippen molar-refractivity contribution in [2.75, 3.05) is 20.1 Å². The molecule has 0 aromatic heterocycles. The average Bonchev–Trinajstić information content (AvgIpc) is 2.62. The topological polar surface area (TPSA) is 61.4 Å². The minimum Gasteiger partial charge on any atom is -0.344 e. The van der Waals surface area contributed by atoms with Gasteiger partial charge >= 0.3 is 0 Å². The number of hydrogen-bond donors (Lipinski definition) is 2. The van der Waals surface area contributed by atoms with Crippen LogP contribution >= 0.6 is 0 Å². The lowest BCUT2D eigenvalue weighted by Crippen LogP contribution is -2.59. The first-order chi connectivity index (χ1) is 8.03. The molecule has 0 aliphatic carbocycles. The van der Waals surface area contributed by atoms with Gasteiger partial charge in [0.15, 0.2) is 0 Å². The van der Waals surface area contributed by atoms with Crippen molar-refractivity contribution in [1.82, 2.24) is 15.5 Å². The molecule has 0 spiro atoms. The van der Waals surface area contributed by atoms with Crippen LogP contribution in [0.5, 0.6) is 0 Å². The highest BCUT2D eigenvalue weighted by Gasteiger charge is 2.38. The minimum absolute atomic E-state index is 0.0257. The summed E-state index contributed by atoms with van der Waals surface area (Å²) in [5.74, 6) is -0.0105. The molecule has 0 saturated carbocycles. The third-order valence-corrected chi connectivity index (χ3v) is 3.85. The maximum absolute atomic E-state index is 12.2. The van der Waals surface area contributed by atoms with E-state index in [0.29, 0.717) is 0 Å². The highest BCUT2D eigenvalue weighted by molar-refractivity contribution is 5.92. The summed E-state index contributed by atoms with van der Waals surface area (Å²) in [6.45, 7) is 3.53. The summed E-state index contributed by atoms with van der Waals surface area (Å²) in [5.41, 5.74) is -0.500. The molecule has 2 atom stereocenters. The maximum Gasteiger partial charge on any atom is 0.244 e. The van der Waals surface area contributed by atoms with E-state index in [1.165, 1.54) is 0 Å². The Kier molecular flexibility index (Phi) is 3.38. The SMILES string of the molecule is CN1CCC(NC(=O)C2(C)CCCCN2)C1=O. The van der Waals surface area contributed by atoms with E-state index < -0.39 is 5.54 Å². The Hall–Kier alpha value is -1.10. The first-order valence-corrected chi connectivity index (χ1v) is 6.34. The van der Waals surface area contributed by atoms with Gasteiger partial charge < -0.3 is 15.5 Å². The van der Waals surface area contributed by atoms with Crippen LogP contribution in [-0.4, -0.2) is 48.4 Å². The Labute approximate surface area is 102 Å². The molecule has 0 aromatic carbocycles. The predicted octanol–water partition coefficient (Wildman–Crippen LogP) is -0.134. The molecule has 0 aromatic rings. The smallest absolute Gasteiger partial charge is 0.244 e. The molecule has 2 saturated heterocycles. The van der Waals surface area contributed by atoms with Crippen molar-refractivity contribution in [2.45, 2.75) is 44.2 Å². The van der Waals surface area contributed by atoms with E-state index in [-0.39, 0.29) is 17.9 Å². The number of nitrogens with zero attached hydrogens (tertiary/aromatic N) is 1. The summed E-state index contributed by atoms with van der Waals surface area (Å²) in [6.07, 6.45) is 3.75. The van der Waals surface area contributed by atoms with E-state index in [1.807, 2.05) is 6.92 Å². The van der Waals surface area contributed by atoms with Crippen molar-refractivity contribution in [3.63, 3.8) is 0 Å². The third-order valence-electron chi connectivity index (χ3n) is 3.85. The zero-order valence-corrected chi connectivity index (χ0v) is 10.6. The number of hydrogen-bond acceptors (Lipinski definition) is 3. The number of carbonyl (C=O) groups is 2. The first kappa shape index (κ1) is 12.4. The van der Waals surface area contributed by atoms with Gasteiger partial charge in [0.05, 0.1) is 5.54 Å². The van der Waals surface area contributed by atoms with Crippen molar-refractivity contribution in [3.05, 3.63) is 0 Å². The molecule has 2 aliphatic rings. The van der Waals surface area contributed by atoms with Crippen LogP contribution in [0.4, 0.5) is 0 Å². The number of piperidine rings is 1. The number of carbonyl (C=O) groups excluding carboxylic acids is 2. The fourth-order valence-corrected chi connectivity index (χ4v) is 2.52. The zero-order valence-electron chi connectivity index (χ0n) is 10.6. The van der Waals surface area contributed by atoms with Crippen molar-refractivity contribution >= 4 is 11.8 Å². The van der Waals surface area contributed by atoms with Gasteiger partial charge in [-0.25, -0.2) is 0 Å². The van der Waals surface area contributed by atoms with Crippen molar-refractivity contribution < 1.29 is 9.59 Å². The monoisotopic (exact) mass is 239 g/mol. The Morgan fingerprint density at radius 1 is 1.53 bits per heavy atom. The second-order valence-corrected chi connectivity index (χ2v) is 5.29. The van der Waals surface area contributed by atoms with E-state index >= 15 is 0 Å². The highest BCUT2D eigenvalue weighted by atomic mass is 16.2. The van der Waals surface area contributed by atoms with Gasteiger partial charge in [-0.1, -0.05) is 0 Å². The molecule has 0 radical (unpaired) electrons. The van der Waals surface area contributed by atoms with Crippen molar-refractivity contribution in [1.29, 1.82) is 0 Å². The Morgan fingerprint density at radius 3 is 2.82 bits per heavy atom. The lowest BCUT2D eigenvalue weighted by Gasteiger charge is -2.34. The molecule has 2 heterocycles. The normalized spacial score (nSPS) is 33.9. The first-order valence-electron chi connectivity index (χ1n) is 6.34. The lowest BCUT2D eigenvalue weighted by atomic mass is 9.90. The molecule has 2 N–H and O–H groups in total. The lowest BCUT2D eigenvalue weighted by molar-refractivity contribution is -0.134. The second kappa shape index (κ2) is 4.64. The highest BCUT2D eigenvalue weighted by Crippen LogP contribution is 2.20. The summed E-state index contributed by atoms with van der Waals surface area (Å²) < 4.78 is 0. The molecule has 17 heavy (non-hydrogen) atoms. The van der Waals surface area contributed by atoms with Crippen LogP contribution < -0.4 is 10.6 Å². The number of nitrogens with one attached hydrogen (secondary N) is 2. The van der Waals surface area contributed by atoms with Crippen molar-refractivity contribution in [3.8, 4) is 0 Å². The van der Waals surface area contributed by atoms with Gasteiger partial charge in [0.25, 0.3) is 0 Å². The van der Waals surface area contributed by atoms with Gasteiger partial charge in [0, 0.05) is 13.6 Å². The molecule has 2 unspecified atom stereocenters. The van der Waals surface area contributed by atoms with Crippen molar-refractivity contribution in [2.24, 2.45) is 0 Å². The number of likely N-dealkylation sites (N-methyl/N-ethyl adjacent to an activating group) is 1. The summed E-state index contributed by atoms with van der Waals surface area (Å²) in [6, 6.07) is -0.326. The van der Waals surface area contributed by atoms with Gasteiger partial charge in [-0.2, -0.15) is 0 Å².